The summed E-state index contributed by atoms with van der Waals surface area (Å²) >= 11 is 0. The number of fused-ring (bicyclic) bond motifs is 1. The van der Waals surface area contributed by atoms with Gasteiger partial charge in [-0.1, -0.05) is 0 Å². The van der Waals surface area contributed by atoms with E-state index in [2.05, 4.69) is 32.5 Å². The summed E-state index contributed by atoms with van der Waals surface area (Å²) in [4.78, 5) is 11.6. The second-order valence-corrected chi connectivity index (χ2v) is 7.32. The van der Waals surface area contributed by atoms with E-state index in [1.54, 1.807) is 0 Å². The van der Waals surface area contributed by atoms with E-state index in [-0.39, 0.29) is 6.10 Å². The summed E-state index contributed by atoms with van der Waals surface area (Å²) in [5.74, 6) is 2.84. The number of hydrogen-bond donors (Lipinski definition) is 3. The van der Waals surface area contributed by atoms with E-state index in [9.17, 15) is 5.11 Å². The fourth-order valence-corrected chi connectivity index (χ4v) is 3.69. The third-order valence-corrected chi connectivity index (χ3v) is 5.11. The van der Waals surface area contributed by atoms with Crippen molar-refractivity contribution in [2.75, 3.05) is 32.7 Å². The number of piperidine rings is 1. The van der Waals surface area contributed by atoms with Crippen LogP contribution < -0.4 is 10.6 Å². The zero-order chi connectivity index (χ0) is 18.4. The molecule has 26 heavy (non-hydrogen) atoms. The Morgan fingerprint density at radius 3 is 2.88 bits per heavy atom. The van der Waals surface area contributed by atoms with Gasteiger partial charge in [-0.05, 0) is 46.1 Å². The molecule has 3 N–H and O–H groups in total. The van der Waals surface area contributed by atoms with Crippen molar-refractivity contribution >= 4 is 5.96 Å². The molecule has 1 aromatic rings. The molecule has 0 aromatic carbocycles. The van der Waals surface area contributed by atoms with Crippen LogP contribution >= 0.6 is 0 Å². The van der Waals surface area contributed by atoms with Gasteiger partial charge in [0.2, 0.25) is 0 Å². The van der Waals surface area contributed by atoms with Crippen molar-refractivity contribution in [1.82, 2.24) is 30.3 Å². The minimum atomic E-state index is -0.0985. The average molecular weight is 364 g/mol. The van der Waals surface area contributed by atoms with E-state index in [1.165, 1.54) is 0 Å². The van der Waals surface area contributed by atoms with Crippen LogP contribution in [-0.4, -0.2) is 75.6 Å². The van der Waals surface area contributed by atoms with Crippen LogP contribution in [0.2, 0.25) is 0 Å². The number of likely N-dealkylation sites (tertiary alicyclic amines) is 1. The first-order valence-corrected chi connectivity index (χ1v) is 9.99. The van der Waals surface area contributed by atoms with Crippen LogP contribution in [0.25, 0.3) is 0 Å². The molecule has 3 rings (SSSR count). The highest BCUT2D eigenvalue weighted by molar-refractivity contribution is 5.80. The predicted molar refractivity (Wildman–Crippen MR) is 102 cm³/mol. The van der Waals surface area contributed by atoms with Gasteiger partial charge in [0.1, 0.15) is 11.6 Å². The molecule has 0 bridgehead atoms. The first kappa shape index (κ1) is 19.1. The van der Waals surface area contributed by atoms with Crippen molar-refractivity contribution in [1.29, 1.82) is 0 Å². The zero-order valence-electron chi connectivity index (χ0n) is 16.1. The van der Waals surface area contributed by atoms with E-state index in [4.69, 9.17) is 4.99 Å². The largest absolute Gasteiger partial charge is 0.393 e. The number of aromatic nitrogens is 3. The van der Waals surface area contributed by atoms with Crippen molar-refractivity contribution in [2.24, 2.45) is 4.99 Å². The number of aliphatic hydroxyl groups excluding tert-OH is 1. The minimum absolute atomic E-state index is 0.0985. The van der Waals surface area contributed by atoms with Gasteiger partial charge in [0, 0.05) is 38.6 Å². The second kappa shape index (κ2) is 9.32. The molecular weight excluding hydrogens is 330 g/mol. The Hall–Kier alpha value is -1.67. The SMILES string of the molecule is CCNC(=NCCCN1CCC(O)CC1)NC1CCc2nc(C)nn2C1. The van der Waals surface area contributed by atoms with Gasteiger partial charge in [-0.3, -0.25) is 4.99 Å². The summed E-state index contributed by atoms with van der Waals surface area (Å²) in [5.41, 5.74) is 0. The lowest BCUT2D eigenvalue weighted by Gasteiger charge is -2.29. The van der Waals surface area contributed by atoms with Crippen LogP contribution in [-0.2, 0) is 13.0 Å². The Kier molecular flexibility index (Phi) is 6.85. The van der Waals surface area contributed by atoms with Crippen LogP contribution in [0.15, 0.2) is 4.99 Å². The summed E-state index contributed by atoms with van der Waals surface area (Å²) < 4.78 is 2.02. The fraction of sp³-hybridized carbons (Fsp3) is 0.833. The lowest BCUT2D eigenvalue weighted by Crippen LogP contribution is -2.47. The van der Waals surface area contributed by atoms with Gasteiger partial charge in [0.25, 0.3) is 0 Å². The second-order valence-electron chi connectivity index (χ2n) is 7.32. The number of aliphatic imine (C=N–C) groups is 1. The van der Waals surface area contributed by atoms with Crippen molar-refractivity contribution in [3.63, 3.8) is 0 Å². The highest BCUT2D eigenvalue weighted by Crippen LogP contribution is 2.13. The summed E-state index contributed by atoms with van der Waals surface area (Å²) in [6.07, 6.45) is 4.76. The lowest BCUT2D eigenvalue weighted by atomic mass is 10.1. The smallest absolute Gasteiger partial charge is 0.191 e. The molecule has 0 saturated carbocycles. The topological polar surface area (TPSA) is 90.6 Å². The van der Waals surface area contributed by atoms with E-state index in [0.717, 1.165) is 89.0 Å². The van der Waals surface area contributed by atoms with Gasteiger partial charge in [-0.15, -0.1) is 0 Å². The standard InChI is InChI=1S/C18H33N7O/c1-3-19-18(20-9-4-10-24-11-7-16(26)8-12-24)22-15-5-6-17-21-14(2)23-25(17)13-15/h15-16,26H,3-13H2,1-2H3,(H2,19,20,22). The molecular formula is C18H33N7O. The number of hydrogen-bond acceptors (Lipinski definition) is 5. The summed E-state index contributed by atoms with van der Waals surface area (Å²) in [6.45, 7) is 9.62. The molecule has 8 nitrogen and oxygen atoms in total. The molecule has 0 radical (unpaired) electrons. The van der Waals surface area contributed by atoms with Gasteiger partial charge in [-0.2, -0.15) is 5.10 Å². The maximum Gasteiger partial charge on any atom is 0.191 e. The normalized spacial score (nSPS) is 22.3. The predicted octanol–water partition coefficient (Wildman–Crippen LogP) is 0.303. The van der Waals surface area contributed by atoms with Gasteiger partial charge in [0.05, 0.1) is 12.6 Å². The monoisotopic (exact) mass is 363 g/mol. The molecule has 0 amide bonds. The van der Waals surface area contributed by atoms with E-state index in [1.807, 2.05) is 11.6 Å². The Labute approximate surface area is 156 Å². The van der Waals surface area contributed by atoms with Crippen molar-refractivity contribution < 1.29 is 5.11 Å². The van der Waals surface area contributed by atoms with Crippen molar-refractivity contribution in [3.05, 3.63) is 11.6 Å². The first-order chi connectivity index (χ1) is 12.6. The quantitative estimate of drug-likeness (QED) is 0.383. The maximum atomic E-state index is 9.57. The molecule has 1 aromatic heterocycles. The molecule has 0 spiro atoms. The lowest BCUT2D eigenvalue weighted by molar-refractivity contribution is 0.0824. The molecule has 1 saturated heterocycles. The van der Waals surface area contributed by atoms with Crippen molar-refractivity contribution in [2.45, 2.75) is 64.6 Å². The van der Waals surface area contributed by atoms with Crippen molar-refractivity contribution in [3.8, 4) is 0 Å². The Balaban J connectivity index is 1.44. The van der Waals surface area contributed by atoms with Gasteiger partial charge in [0.15, 0.2) is 5.96 Å². The highest BCUT2D eigenvalue weighted by atomic mass is 16.3. The third kappa shape index (κ3) is 5.41. The van der Waals surface area contributed by atoms with Gasteiger partial charge < -0.3 is 20.6 Å². The molecule has 8 heteroatoms. The number of nitrogens with one attached hydrogen (secondary N) is 2. The van der Waals surface area contributed by atoms with Crippen LogP contribution in [0.1, 0.15) is 44.3 Å². The van der Waals surface area contributed by atoms with Crippen LogP contribution in [0.3, 0.4) is 0 Å². The average Bonchev–Trinajstić information content (AvgIpc) is 2.99. The minimum Gasteiger partial charge on any atom is -0.393 e. The number of nitrogens with zero attached hydrogens (tertiary/aromatic N) is 5. The number of guanidine groups is 1. The molecule has 146 valence electrons. The number of aliphatic hydroxyl groups is 1. The number of rotatable bonds is 6. The number of aryl methyl sites for hydroxylation is 2. The van der Waals surface area contributed by atoms with Gasteiger partial charge >= 0.3 is 0 Å². The Bertz CT molecular complexity index is 592. The summed E-state index contributed by atoms with van der Waals surface area (Å²) in [6, 6.07) is 0.338. The third-order valence-electron chi connectivity index (χ3n) is 5.11. The van der Waals surface area contributed by atoms with Gasteiger partial charge in [-0.25, -0.2) is 9.67 Å². The van der Waals surface area contributed by atoms with E-state index < -0.39 is 0 Å². The van der Waals surface area contributed by atoms with E-state index >= 15 is 0 Å². The summed E-state index contributed by atoms with van der Waals surface area (Å²) in [5, 5.41) is 20.9. The Morgan fingerprint density at radius 1 is 1.31 bits per heavy atom. The van der Waals surface area contributed by atoms with Crippen LogP contribution in [0.5, 0.6) is 0 Å². The zero-order valence-corrected chi connectivity index (χ0v) is 16.1. The summed E-state index contributed by atoms with van der Waals surface area (Å²) in [7, 11) is 0. The molecule has 1 fully saturated rings. The van der Waals surface area contributed by atoms with Crippen LogP contribution in [0.4, 0.5) is 0 Å². The highest BCUT2D eigenvalue weighted by Gasteiger charge is 2.21. The molecule has 1 unspecified atom stereocenters. The van der Waals surface area contributed by atoms with Crippen LogP contribution in [0, 0.1) is 6.92 Å². The van der Waals surface area contributed by atoms with E-state index in [0.29, 0.717) is 6.04 Å². The first-order valence-electron chi connectivity index (χ1n) is 9.99. The molecule has 3 heterocycles. The molecule has 2 aliphatic heterocycles. The molecule has 2 aliphatic rings. The molecule has 0 aliphatic carbocycles. The maximum absolute atomic E-state index is 9.57. The Morgan fingerprint density at radius 2 is 2.12 bits per heavy atom. The fourth-order valence-electron chi connectivity index (χ4n) is 3.69. The molecule has 1 atom stereocenters.